The van der Waals surface area contributed by atoms with E-state index in [1.54, 1.807) is 13.3 Å². The maximum atomic E-state index is 5.45. The standard InChI is InChI=1S/C18H23N3OS/c1-13(2)12-15(14-8-5-4-6-9-14)20-18(23)21-17-16(22-3)10-7-11-19-17/h4-11,13,15H,12H2,1-3H3,(H2,19,20,21,23)/t15-/m0/s1. The number of nitrogens with one attached hydrogen (secondary N) is 2. The largest absolute Gasteiger partial charge is 0.493 e. The lowest BCUT2D eigenvalue weighted by molar-refractivity contribution is 0.415. The summed E-state index contributed by atoms with van der Waals surface area (Å²) in [5, 5.41) is 7.05. The Kier molecular flexibility index (Phi) is 6.35. The third-order valence-corrected chi connectivity index (χ3v) is 3.66. The predicted molar refractivity (Wildman–Crippen MR) is 98.8 cm³/mol. The molecule has 0 spiro atoms. The lowest BCUT2D eigenvalue weighted by atomic mass is 9.97. The van der Waals surface area contributed by atoms with Gasteiger partial charge in [-0.3, -0.25) is 0 Å². The summed E-state index contributed by atoms with van der Waals surface area (Å²) in [5.41, 5.74) is 1.22. The zero-order valence-corrected chi connectivity index (χ0v) is 14.6. The van der Waals surface area contributed by atoms with E-state index >= 15 is 0 Å². The Bertz CT molecular complexity index is 631. The summed E-state index contributed by atoms with van der Waals surface area (Å²) in [6, 6.07) is 14.2. The van der Waals surface area contributed by atoms with Gasteiger partial charge in [0.25, 0.3) is 0 Å². The van der Waals surface area contributed by atoms with E-state index in [2.05, 4.69) is 41.6 Å². The van der Waals surface area contributed by atoms with Crippen LogP contribution in [0.2, 0.25) is 0 Å². The van der Waals surface area contributed by atoms with Crippen LogP contribution in [0.1, 0.15) is 31.9 Å². The molecule has 2 N–H and O–H groups in total. The first kappa shape index (κ1) is 17.2. The highest BCUT2D eigenvalue weighted by Crippen LogP contribution is 2.23. The number of anilines is 1. The first-order chi connectivity index (χ1) is 11.1. The highest BCUT2D eigenvalue weighted by atomic mass is 32.1. The molecule has 122 valence electrons. The number of hydrogen-bond acceptors (Lipinski definition) is 3. The minimum atomic E-state index is 0.158. The van der Waals surface area contributed by atoms with Crippen molar-refractivity contribution in [3.63, 3.8) is 0 Å². The van der Waals surface area contributed by atoms with Gasteiger partial charge in [-0.1, -0.05) is 44.2 Å². The maximum absolute atomic E-state index is 5.45. The number of pyridine rings is 1. The van der Waals surface area contributed by atoms with E-state index in [1.807, 2.05) is 30.3 Å². The van der Waals surface area contributed by atoms with Gasteiger partial charge in [0.05, 0.1) is 13.2 Å². The van der Waals surface area contributed by atoms with Crippen molar-refractivity contribution in [2.24, 2.45) is 5.92 Å². The number of methoxy groups -OCH3 is 1. The van der Waals surface area contributed by atoms with Crippen molar-refractivity contribution in [2.45, 2.75) is 26.3 Å². The molecule has 1 heterocycles. The molecule has 0 unspecified atom stereocenters. The molecule has 1 atom stereocenters. The van der Waals surface area contributed by atoms with Gasteiger partial charge < -0.3 is 15.4 Å². The van der Waals surface area contributed by atoms with Gasteiger partial charge in [-0.2, -0.15) is 0 Å². The van der Waals surface area contributed by atoms with Crippen LogP contribution in [0.3, 0.4) is 0 Å². The molecule has 0 radical (unpaired) electrons. The maximum Gasteiger partial charge on any atom is 0.174 e. The Morgan fingerprint density at radius 1 is 1.17 bits per heavy atom. The lowest BCUT2D eigenvalue weighted by Gasteiger charge is -2.23. The summed E-state index contributed by atoms with van der Waals surface area (Å²) < 4.78 is 5.29. The van der Waals surface area contributed by atoms with Crippen molar-refractivity contribution in [3.8, 4) is 5.75 Å². The summed E-state index contributed by atoms with van der Waals surface area (Å²) in [6.45, 7) is 4.41. The molecule has 0 aliphatic rings. The van der Waals surface area contributed by atoms with Crippen LogP contribution in [-0.2, 0) is 0 Å². The van der Waals surface area contributed by atoms with Crippen LogP contribution in [0.15, 0.2) is 48.7 Å². The summed E-state index contributed by atoms with van der Waals surface area (Å²) in [5.74, 6) is 1.83. The van der Waals surface area contributed by atoms with Gasteiger partial charge in [0, 0.05) is 6.20 Å². The number of ether oxygens (including phenoxy) is 1. The highest BCUT2D eigenvalue weighted by Gasteiger charge is 2.15. The van der Waals surface area contributed by atoms with E-state index in [4.69, 9.17) is 17.0 Å². The number of benzene rings is 1. The van der Waals surface area contributed by atoms with Gasteiger partial charge in [-0.05, 0) is 42.3 Å². The van der Waals surface area contributed by atoms with E-state index in [9.17, 15) is 0 Å². The van der Waals surface area contributed by atoms with E-state index in [1.165, 1.54) is 5.56 Å². The topological polar surface area (TPSA) is 46.2 Å². The van der Waals surface area contributed by atoms with E-state index in [-0.39, 0.29) is 6.04 Å². The third kappa shape index (κ3) is 5.21. The molecule has 0 aliphatic heterocycles. The minimum absolute atomic E-state index is 0.158. The van der Waals surface area contributed by atoms with Crippen molar-refractivity contribution in [2.75, 3.05) is 12.4 Å². The zero-order chi connectivity index (χ0) is 16.7. The van der Waals surface area contributed by atoms with Crippen LogP contribution in [0.25, 0.3) is 0 Å². The predicted octanol–water partition coefficient (Wildman–Crippen LogP) is 4.16. The van der Waals surface area contributed by atoms with E-state index in [0.29, 0.717) is 22.6 Å². The van der Waals surface area contributed by atoms with Crippen molar-refractivity contribution < 1.29 is 4.74 Å². The molecule has 0 fully saturated rings. The van der Waals surface area contributed by atoms with Crippen LogP contribution in [0, 0.1) is 5.92 Å². The Morgan fingerprint density at radius 2 is 1.91 bits per heavy atom. The molecule has 5 heteroatoms. The molecular weight excluding hydrogens is 306 g/mol. The van der Waals surface area contributed by atoms with Gasteiger partial charge in [-0.25, -0.2) is 4.98 Å². The first-order valence-corrected chi connectivity index (χ1v) is 8.12. The van der Waals surface area contributed by atoms with Crippen molar-refractivity contribution >= 4 is 23.1 Å². The van der Waals surface area contributed by atoms with Crippen molar-refractivity contribution in [1.82, 2.24) is 10.3 Å². The molecule has 2 aromatic rings. The van der Waals surface area contributed by atoms with Crippen LogP contribution >= 0.6 is 12.2 Å². The second kappa shape index (κ2) is 8.48. The lowest BCUT2D eigenvalue weighted by Crippen LogP contribution is -2.33. The number of aromatic nitrogens is 1. The summed E-state index contributed by atoms with van der Waals surface area (Å²) in [4.78, 5) is 4.27. The molecule has 0 saturated carbocycles. The molecule has 23 heavy (non-hydrogen) atoms. The van der Waals surface area contributed by atoms with Gasteiger partial charge in [0.1, 0.15) is 0 Å². The Hall–Kier alpha value is -2.14. The molecule has 2 rings (SSSR count). The number of thiocarbonyl (C=S) groups is 1. The Morgan fingerprint density at radius 3 is 2.57 bits per heavy atom. The summed E-state index contributed by atoms with van der Waals surface area (Å²) in [6.07, 6.45) is 2.70. The van der Waals surface area contributed by atoms with Crippen LogP contribution in [0.4, 0.5) is 5.82 Å². The molecule has 0 bridgehead atoms. The SMILES string of the molecule is COc1cccnc1NC(=S)N[C@@H](CC(C)C)c1ccccc1. The van der Waals surface area contributed by atoms with Crippen LogP contribution in [0.5, 0.6) is 5.75 Å². The van der Waals surface area contributed by atoms with Gasteiger partial charge in [0.15, 0.2) is 16.7 Å². The number of rotatable bonds is 6. The number of hydrogen-bond donors (Lipinski definition) is 2. The molecule has 4 nitrogen and oxygen atoms in total. The van der Waals surface area contributed by atoms with Gasteiger partial charge in [-0.15, -0.1) is 0 Å². The quantitative estimate of drug-likeness (QED) is 0.779. The highest BCUT2D eigenvalue weighted by molar-refractivity contribution is 7.80. The Labute approximate surface area is 143 Å². The first-order valence-electron chi connectivity index (χ1n) is 7.71. The fraction of sp³-hybridized carbons (Fsp3) is 0.333. The normalized spacial score (nSPS) is 11.8. The van der Waals surface area contributed by atoms with Crippen molar-refractivity contribution in [1.29, 1.82) is 0 Å². The fourth-order valence-electron chi connectivity index (χ4n) is 2.39. The van der Waals surface area contributed by atoms with Crippen molar-refractivity contribution in [3.05, 3.63) is 54.2 Å². The smallest absolute Gasteiger partial charge is 0.174 e. The average molecular weight is 329 g/mol. The van der Waals surface area contributed by atoms with E-state index in [0.717, 1.165) is 6.42 Å². The molecule has 0 amide bonds. The number of nitrogens with zero attached hydrogens (tertiary/aromatic N) is 1. The monoisotopic (exact) mass is 329 g/mol. The van der Waals surface area contributed by atoms with Crippen LogP contribution in [-0.4, -0.2) is 17.2 Å². The van der Waals surface area contributed by atoms with Gasteiger partial charge >= 0.3 is 0 Å². The second-order valence-electron chi connectivity index (χ2n) is 5.75. The molecule has 1 aromatic carbocycles. The third-order valence-electron chi connectivity index (χ3n) is 3.44. The fourth-order valence-corrected chi connectivity index (χ4v) is 2.63. The second-order valence-corrected chi connectivity index (χ2v) is 6.15. The van der Waals surface area contributed by atoms with Gasteiger partial charge in [0.2, 0.25) is 0 Å². The van der Waals surface area contributed by atoms with Crippen LogP contribution < -0.4 is 15.4 Å². The van der Waals surface area contributed by atoms with E-state index < -0.39 is 0 Å². The molecule has 0 aliphatic carbocycles. The molecule has 1 aromatic heterocycles. The molecular formula is C18H23N3OS. The zero-order valence-electron chi connectivity index (χ0n) is 13.7. The summed E-state index contributed by atoms with van der Waals surface area (Å²) in [7, 11) is 1.62. The minimum Gasteiger partial charge on any atom is -0.493 e. The molecule has 0 saturated heterocycles. The Balaban J connectivity index is 2.08. The summed E-state index contributed by atoms with van der Waals surface area (Å²) >= 11 is 5.45. The average Bonchev–Trinajstić information content (AvgIpc) is 2.55.